The molecule has 0 aromatic heterocycles. The van der Waals surface area contributed by atoms with Gasteiger partial charge < -0.3 is 0 Å². The topological polar surface area (TPSA) is 101 Å². The molecule has 1 aromatic rings. The van der Waals surface area contributed by atoms with E-state index in [2.05, 4.69) is 4.72 Å². The highest BCUT2D eigenvalue weighted by Crippen LogP contribution is 2.22. The molecule has 9 heteroatoms. The third kappa shape index (κ3) is 4.66. The quantitative estimate of drug-likeness (QED) is 0.793. The molecule has 0 spiro atoms. The van der Waals surface area contributed by atoms with E-state index < -0.39 is 25.5 Å². The summed E-state index contributed by atoms with van der Waals surface area (Å²) in [5.41, 5.74) is -0.643. The maximum atomic E-state index is 12.4. The van der Waals surface area contributed by atoms with Gasteiger partial charge in [0.1, 0.15) is 0 Å². The van der Waals surface area contributed by atoms with Crippen molar-refractivity contribution in [2.24, 2.45) is 5.41 Å². The molecule has 1 aliphatic rings. The van der Waals surface area contributed by atoms with Crippen LogP contribution in [0.15, 0.2) is 34.1 Å². The molecule has 1 heterocycles. The molecule has 0 saturated carbocycles. The number of hydrogen-bond acceptors (Lipinski definition) is 5. The van der Waals surface area contributed by atoms with Crippen LogP contribution in [0, 0.1) is 5.41 Å². The van der Waals surface area contributed by atoms with Gasteiger partial charge in [-0.1, -0.05) is 20.8 Å². The van der Waals surface area contributed by atoms with Crippen molar-refractivity contribution in [3.8, 4) is 0 Å². The predicted octanol–water partition coefficient (Wildman–Crippen LogP) is 1.36. The summed E-state index contributed by atoms with van der Waals surface area (Å²) in [6.07, 6.45) is 1.66. The number of Topliss-reactive ketones (excluding diaryl/α,β-unsaturated/α-hetero) is 1. The zero-order chi connectivity index (χ0) is 18.9. The summed E-state index contributed by atoms with van der Waals surface area (Å²) in [7, 11) is -7.46. The first-order valence-corrected chi connectivity index (χ1v) is 11.0. The molecule has 1 fully saturated rings. The summed E-state index contributed by atoms with van der Waals surface area (Å²) < 4.78 is 53.0. The van der Waals surface area contributed by atoms with Crippen molar-refractivity contribution < 1.29 is 21.6 Å². The van der Waals surface area contributed by atoms with Gasteiger partial charge in [-0.3, -0.25) is 4.79 Å². The van der Waals surface area contributed by atoms with Gasteiger partial charge in [-0.2, -0.15) is 4.31 Å². The Morgan fingerprint density at radius 1 is 1.00 bits per heavy atom. The summed E-state index contributed by atoms with van der Waals surface area (Å²) in [6.45, 7) is 5.79. The number of rotatable bonds is 6. The fourth-order valence-electron chi connectivity index (χ4n) is 2.38. The molecule has 1 N–H and O–H groups in total. The molecule has 140 valence electrons. The van der Waals surface area contributed by atoms with Crippen LogP contribution in [0.5, 0.6) is 0 Å². The van der Waals surface area contributed by atoms with Gasteiger partial charge >= 0.3 is 0 Å². The van der Waals surface area contributed by atoms with Crippen molar-refractivity contribution in [2.45, 2.75) is 43.4 Å². The minimum absolute atomic E-state index is 0.0686. The Kier molecular flexibility index (Phi) is 5.72. The van der Waals surface area contributed by atoms with Gasteiger partial charge in [0.2, 0.25) is 20.0 Å². The summed E-state index contributed by atoms with van der Waals surface area (Å²) in [4.78, 5) is 11.9. The SMILES string of the molecule is CC(C)(C)C(=O)CNS(=O)(=O)c1ccc(S(=O)(=O)N2CCCC2)cc1. The van der Waals surface area contributed by atoms with Crippen LogP contribution in [0.25, 0.3) is 0 Å². The highest BCUT2D eigenvalue weighted by atomic mass is 32.2. The number of benzene rings is 1. The van der Waals surface area contributed by atoms with Crippen LogP contribution in [-0.4, -0.2) is 46.6 Å². The molecular weight excluding hydrogens is 364 g/mol. The molecule has 1 aromatic carbocycles. The number of carbonyl (C=O) groups is 1. The monoisotopic (exact) mass is 388 g/mol. The fourth-order valence-corrected chi connectivity index (χ4v) is 4.88. The molecule has 0 unspecified atom stereocenters. The Balaban J connectivity index is 2.14. The van der Waals surface area contributed by atoms with E-state index in [0.717, 1.165) is 12.8 Å². The number of hydrogen-bond donors (Lipinski definition) is 1. The van der Waals surface area contributed by atoms with E-state index in [0.29, 0.717) is 13.1 Å². The normalized spacial score (nSPS) is 16.9. The smallest absolute Gasteiger partial charge is 0.243 e. The van der Waals surface area contributed by atoms with Crippen LogP contribution < -0.4 is 4.72 Å². The van der Waals surface area contributed by atoms with Crippen LogP contribution >= 0.6 is 0 Å². The summed E-state index contributed by atoms with van der Waals surface area (Å²) in [5.74, 6) is -0.232. The van der Waals surface area contributed by atoms with Gasteiger partial charge in [0.25, 0.3) is 0 Å². The van der Waals surface area contributed by atoms with E-state index in [4.69, 9.17) is 0 Å². The lowest BCUT2D eigenvalue weighted by Crippen LogP contribution is -2.35. The third-order valence-corrected chi connectivity index (χ3v) is 7.43. The van der Waals surface area contributed by atoms with Gasteiger partial charge in [-0.25, -0.2) is 21.6 Å². The maximum Gasteiger partial charge on any atom is 0.243 e. The summed E-state index contributed by atoms with van der Waals surface area (Å²) in [5, 5.41) is 0. The molecule has 2 rings (SSSR count). The van der Waals surface area contributed by atoms with Crippen LogP contribution in [0.1, 0.15) is 33.6 Å². The van der Waals surface area contributed by atoms with Crippen molar-refractivity contribution in [2.75, 3.05) is 19.6 Å². The average molecular weight is 389 g/mol. The molecule has 7 nitrogen and oxygen atoms in total. The molecule has 25 heavy (non-hydrogen) atoms. The third-order valence-electron chi connectivity index (χ3n) is 4.10. The molecule has 0 atom stereocenters. The highest BCUT2D eigenvalue weighted by Gasteiger charge is 2.28. The number of carbonyl (C=O) groups excluding carboxylic acids is 1. The molecule has 0 bridgehead atoms. The lowest BCUT2D eigenvalue weighted by Gasteiger charge is -2.17. The van der Waals surface area contributed by atoms with Gasteiger partial charge in [0.15, 0.2) is 5.78 Å². The highest BCUT2D eigenvalue weighted by molar-refractivity contribution is 7.89. The van der Waals surface area contributed by atoms with Gasteiger partial charge in [-0.05, 0) is 37.1 Å². The van der Waals surface area contributed by atoms with E-state index in [1.807, 2.05) is 0 Å². The van der Waals surface area contributed by atoms with Crippen LogP contribution in [0.2, 0.25) is 0 Å². The number of nitrogens with one attached hydrogen (secondary N) is 1. The van der Waals surface area contributed by atoms with E-state index in [1.165, 1.54) is 28.6 Å². The van der Waals surface area contributed by atoms with E-state index in [-0.39, 0.29) is 22.1 Å². The second-order valence-corrected chi connectivity index (χ2v) is 10.8. The first kappa shape index (κ1) is 20.0. The van der Waals surface area contributed by atoms with Gasteiger partial charge in [0.05, 0.1) is 16.3 Å². The lowest BCUT2D eigenvalue weighted by molar-refractivity contribution is -0.125. The largest absolute Gasteiger partial charge is 0.298 e. The minimum atomic E-state index is -3.88. The first-order chi connectivity index (χ1) is 11.4. The summed E-state index contributed by atoms with van der Waals surface area (Å²) >= 11 is 0. The van der Waals surface area contributed by atoms with Crippen molar-refractivity contribution in [3.63, 3.8) is 0 Å². The number of nitrogens with zero attached hydrogens (tertiary/aromatic N) is 1. The van der Waals surface area contributed by atoms with Crippen LogP contribution in [0.4, 0.5) is 0 Å². The molecule has 0 amide bonds. The van der Waals surface area contributed by atoms with Gasteiger partial charge in [0, 0.05) is 18.5 Å². The minimum Gasteiger partial charge on any atom is -0.298 e. The van der Waals surface area contributed by atoms with Crippen LogP contribution in [0.3, 0.4) is 0 Å². The maximum absolute atomic E-state index is 12.4. The number of ketones is 1. The average Bonchev–Trinajstić information content (AvgIpc) is 3.07. The van der Waals surface area contributed by atoms with E-state index >= 15 is 0 Å². The van der Waals surface area contributed by atoms with Crippen molar-refractivity contribution in [1.29, 1.82) is 0 Å². The van der Waals surface area contributed by atoms with Crippen molar-refractivity contribution >= 4 is 25.8 Å². The summed E-state index contributed by atoms with van der Waals surface area (Å²) in [6, 6.07) is 5.06. The second-order valence-electron chi connectivity index (χ2n) is 7.08. The Morgan fingerprint density at radius 3 is 1.96 bits per heavy atom. The molecular formula is C16H24N2O5S2. The van der Waals surface area contributed by atoms with Crippen molar-refractivity contribution in [3.05, 3.63) is 24.3 Å². The molecule has 0 aliphatic carbocycles. The zero-order valence-corrected chi connectivity index (χ0v) is 16.3. The lowest BCUT2D eigenvalue weighted by atomic mass is 9.91. The zero-order valence-electron chi connectivity index (χ0n) is 14.6. The molecule has 0 radical (unpaired) electrons. The Morgan fingerprint density at radius 2 is 1.48 bits per heavy atom. The number of sulfonamides is 2. The Hall–Kier alpha value is -1.29. The van der Waals surface area contributed by atoms with E-state index in [1.54, 1.807) is 20.8 Å². The standard InChI is InChI=1S/C16H24N2O5S2/c1-16(2,3)15(19)12-17-24(20,21)13-6-8-14(9-7-13)25(22,23)18-10-4-5-11-18/h6-9,17H,4-5,10-12H2,1-3H3. The fraction of sp³-hybridized carbons (Fsp3) is 0.562. The Bertz CT molecular complexity index is 832. The second kappa shape index (κ2) is 7.14. The Labute approximate surface area is 149 Å². The van der Waals surface area contributed by atoms with Gasteiger partial charge in [-0.15, -0.1) is 0 Å². The van der Waals surface area contributed by atoms with Crippen LogP contribution in [-0.2, 0) is 24.8 Å². The molecule has 1 aliphatic heterocycles. The first-order valence-electron chi connectivity index (χ1n) is 8.08. The molecule has 1 saturated heterocycles. The predicted molar refractivity (Wildman–Crippen MR) is 94.1 cm³/mol. The van der Waals surface area contributed by atoms with Crippen molar-refractivity contribution in [1.82, 2.24) is 9.03 Å². The van der Waals surface area contributed by atoms with E-state index in [9.17, 15) is 21.6 Å².